The lowest BCUT2D eigenvalue weighted by atomic mass is 9.72. The fourth-order valence-corrected chi connectivity index (χ4v) is 6.40. The van der Waals surface area contributed by atoms with Gasteiger partial charge >= 0.3 is 0 Å². The maximum Gasteiger partial charge on any atom is 0.291 e. The number of benzene rings is 1. The van der Waals surface area contributed by atoms with Crippen molar-refractivity contribution in [2.75, 3.05) is 18.0 Å². The Labute approximate surface area is 178 Å². The Balaban J connectivity index is 1.29. The van der Waals surface area contributed by atoms with Crippen LogP contribution in [0.25, 0.3) is 0 Å². The second-order valence-corrected chi connectivity index (χ2v) is 10.2. The molecular weight excluding hydrogens is 415 g/mol. The van der Waals surface area contributed by atoms with Crippen LogP contribution >= 0.6 is 35.0 Å². The average molecular weight is 437 g/mol. The highest BCUT2D eigenvalue weighted by Gasteiger charge is 2.59. The van der Waals surface area contributed by atoms with E-state index in [4.69, 9.17) is 28.9 Å². The van der Waals surface area contributed by atoms with Gasteiger partial charge in [-0.2, -0.15) is 0 Å². The van der Waals surface area contributed by atoms with Crippen molar-refractivity contribution in [1.29, 1.82) is 0 Å². The summed E-state index contributed by atoms with van der Waals surface area (Å²) in [5.41, 5.74) is 6.65. The van der Waals surface area contributed by atoms with Crippen LogP contribution in [-0.2, 0) is 0 Å². The lowest BCUT2D eigenvalue weighted by Gasteiger charge is -2.43. The predicted octanol–water partition coefficient (Wildman–Crippen LogP) is 4.18. The van der Waals surface area contributed by atoms with Crippen LogP contribution in [0, 0.1) is 17.3 Å². The number of fused-ring (bicyclic) bond motifs is 1. The third kappa shape index (κ3) is 3.15. The van der Waals surface area contributed by atoms with E-state index in [9.17, 15) is 4.79 Å². The van der Waals surface area contributed by atoms with Crippen molar-refractivity contribution in [3.63, 3.8) is 0 Å². The van der Waals surface area contributed by atoms with E-state index < -0.39 is 0 Å². The average Bonchev–Trinajstić information content (AvgIpc) is 3.39. The highest BCUT2D eigenvalue weighted by molar-refractivity contribution is 7.99. The molecule has 1 aliphatic heterocycles. The molecule has 1 spiro atoms. The Hall–Kier alpha value is -1.21. The number of hydrogen-bond donors (Lipinski definition) is 2. The molecule has 1 aromatic carbocycles. The minimum absolute atomic E-state index is 0.169. The molecule has 3 unspecified atom stereocenters. The molecule has 148 valence electrons. The van der Waals surface area contributed by atoms with Crippen LogP contribution in [0.4, 0.5) is 5.82 Å². The summed E-state index contributed by atoms with van der Waals surface area (Å²) >= 11 is 13.6. The first-order chi connectivity index (χ1) is 13.5. The van der Waals surface area contributed by atoms with Gasteiger partial charge in [-0.15, -0.1) is 0 Å². The van der Waals surface area contributed by atoms with Gasteiger partial charge in [-0.3, -0.25) is 4.79 Å². The molecule has 0 radical (unpaired) electrons. The normalized spacial score (nSPS) is 27.8. The molecule has 1 saturated heterocycles. The van der Waals surface area contributed by atoms with E-state index in [0.717, 1.165) is 42.7 Å². The first kappa shape index (κ1) is 18.8. The fraction of sp³-hybridized carbons (Fsp3) is 0.500. The number of nitrogens with one attached hydrogen (secondary N) is 1. The van der Waals surface area contributed by atoms with Gasteiger partial charge in [0.25, 0.3) is 5.56 Å². The summed E-state index contributed by atoms with van der Waals surface area (Å²) < 4.78 is 0. The molecule has 0 amide bonds. The van der Waals surface area contributed by atoms with Crippen molar-refractivity contribution in [2.45, 2.75) is 41.6 Å². The molecule has 28 heavy (non-hydrogen) atoms. The molecule has 3 aliphatic rings. The molecule has 2 aliphatic carbocycles. The summed E-state index contributed by atoms with van der Waals surface area (Å²) in [5.74, 6) is 2.11. The van der Waals surface area contributed by atoms with Crippen LogP contribution in [0.1, 0.15) is 25.7 Å². The van der Waals surface area contributed by atoms with E-state index in [1.165, 1.54) is 24.6 Å². The molecule has 3 atom stereocenters. The van der Waals surface area contributed by atoms with Crippen molar-refractivity contribution >= 4 is 40.8 Å². The van der Waals surface area contributed by atoms with E-state index in [1.54, 1.807) is 12.3 Å². The first-order valence-corrected chi connectivity index (χ1v) is 11.3. The maximum absolute atomic E-state index is 12.7. The number of H-pyrrole nitrogens is 1. The highest BCUT2D eigenvalue weighted by Crippen LogP contribution is 2.62. The molecule has 0 bridgehead atoms. The molecular formula is C20H22Cl2N4OS. The SMILES string of the molecule is NC1C2CC2CC12CCN(c1ncc(Sc3cccc(Cl)c3Cl)[nH]c1=O)CC2. The minimum atomic E-state index is -0.169. The third-order valence-corrected chi connectivity index (χ3v) is 8.67. The van der Waals surface area contributed by atoms with Crippen molar-refractivity contribution in [3.8, 4) is 0 Å². The monoisotopic (exact) mass is 436 g/mol. The maximum atomic E-state index is 12.7. The van der Waals surface area contributed by atoms with Gasteiger partial charge in [-0.1, -0.05) is 41.0 Å². The quantitative estimate of drug-likeness (QED) is 0.754. The van der Waals surface area contributed by atoms with Crippen LogP contribution in [0.3, 0.4) is 0 Å². The minimum Gasteiger partial charge on any atom is -0.352 e. The van der Waals surface area contributed by atoms with Crippen molar-refractivity contribution < 1.29 is 0 Å². The Kier molecular flexibility index (Phi) is 4.66. The lowest BCUT2D eigenvalue weighted by Crippen LogP contribution is -2.49. The number of rotatable bonds is 3. The summed E-state index contributed by atoms with van der Waals surface area (Å²) in [6, 6.07) is 5.77. The van der Waals surface area contributed by atoms with E-state index in [-0.39, 0.29) is 11.0 Å². The molecule has 2 aromatic rings. The number of piperidine rings is 1. The van der Waals surface area contributed by atoms with Crippen LogP contribution in [0.15, 0.2) is 39.1 Å². The molecule has 5 nitrogen and oxygen atoms in total. The summed E-state index contributed by atoms with van der Waals surface area (Å²) in [5, 5.41) is 1.61. The number of hydrogen-bond acceptors (Lipinski definition) is 5. The van der Waals surface area contributed by atoms with Crippen LogP contribution < -0.4 is 16.2 Å². The summed E-state index contributed by atoms with van der Waals surface area (Å²) in [4.78, 5) is 22.9. The van der Waals surface area contributed by atoms with E-state index in [2.05, 4.69) is 14.9 Å². The number of nitrogens with zero attached hydrogens (tertiary/aromatic N) is 2. The third-order valence-electron chi connectivity index (χ3n) is 6.75. The van der Waals surface area contributed by atoms with Gasteiger partial charge in [-0.25, -0.2) is 4.98 Å². The second-order valence-electron chi connectivity index (χ2n) is 8.29. The Morgan fingerprint density at radius 3 is 2.75 bits per heavy atom. The van der Waals surface area contributed by atoms with Gasteiger partial charge in [0.15, 0.2) is 5.82 Å². The molecule has 2 saturated carbocycles. The van der Waals surface area contributed by atoms with Crippen molar-refractivity contribution in [1.82, 2.24) is 9.97 Å². The molecule has 3 fully saturated rings. The summed E-state index contributed by atoms with van der Waals surface area (Å²) in [6.45, 7) is 1.69. The van der Waals surface area contributed by atoms with Gasteiger partial charge in [-0.05, 0) is 55.1 Å². The van der Waals surface area contributed by atoms with Gasteiger partial charge in [0.2, 0.25) is 0 Å². The highest BCUT2D eigenvalue weighted by atomic mass is 35.5. The van der Waals surface area contributed by atoms with Crippen molar-refractivity contribution in [3.05, 3.63) is 44.8 Å². The van der Waals surface area contributed by atoms with Crippen LogP contribution in [0.2, 0.25) is 10.0 Å². The van der Waals surface area contributed by atoms with Gasteiger partial charge in [0.1, 0.15) is 0 Å². The molecule has 1 aromatic heterocycles. The molecule has 2 heterocycles. The standard InChI is InChI=1S/C20H22Cl2N4OS/c21-13-2-1-3-14(16(13)22)28-15-10-24-18(19(27)25-15)26-6-4-20(5-7-26)9-11-8-12(11)17(20)23/h1-3,10-12,17H,4-9,23H2,(H,25,27). The number of aromatic nitrogens is 2. The van der Waals surface area contributed by atoms with Crippen LogP contribution in [0.5, 0.6) is 0 Å². The number of nitrogens with two attached hydrogens (primary N) is 1. The van der Waals surface area contributed by atoms with E-state index >= 15 is 0 Å². The summed E-state index contributed by atoms with van der Waals surface area (Å²) in [6.07, 6.45) is 6.39. The topological polar surface area (TPSA) is 75.0 Å². The smallest absolute Gasteiger partial charge is 0.291 e. The largest absolute Gasteiger partial charge is 0.352 e. The van der Waals surface area contributed by atoms with Gasteiger partial charge < -0.3 is 15.6 Å². The Morgan fingerprint density at radius 2 is 2.07 bits per heavy atom. The molecule has 3 N–H and O–H groups in total. The number of halogens is 2. The Bertz CT molecular complexity index is 973. The van der Waals surface area contributed by atoms with E-state index in [0.29, 0.717) is 26.9 Å². The van der Waals surface area contributed by atoms with Crippen molar-refractivity contribution in [2.24, 2.45) is 23.0 Å². The molecule has 8 heteroatoms. The van der Waals surface area contributed by atoms with Crippen LogP contribution in [-0.4, -0.2) is 29.1 Å². The zero-order chi connectivity index (χ0) is 19.5. The van der Waals surface area contributed by atoms with Gasteiger partial charge in [0.05, 0.1) is 21.3 Å². The van der Waals surface area contributed by atoms with E-state index in [1.807, 2.05) is 12.1 Å². The molecule has 5 rings (SSSR count). The zero-order valence-electron chi connectivity index (χ0n) is 15.3. The predicted molar refractivity (Wildman–Crippen MR) is 114 cm³/mol. The fourth-order valence-electron chi connectivity index (χ4n) is 5.10. The zero-order valence-corrected chi connectivity index (χ0v) is 17.7. The van der Waals surface area contributed by atoms with Gasteiger partial charge in [0, 0.05) is 24.0 Å². The first-order valence-electron chi connectivity index (χ1n) is 9.68. The second kappa shape index (κ2) is 6.94. The summed E-state index contributed by atoms with van der Waals surface area (Å²) in [7, 11) is 0. The number of aromatic amines is 1. The Morgan fingerprint density at radius 1 is 1.29 bits per heavy atom. The number of anilines is 1. The lowest BCUT2D eigenvalue weighted by molar-refractivity contribution is 0.171.